The zero-order chi connectivity index (χ0) is 17.9. The van der Waals surface area contributed by atoms with Gasteiger partial charge < -0.3 is 9.47 Å². The number of ether oxygens (including phenoxy) is 2. The highest BCUT2D eigenvalue weighted by Crippen LogP contribution is 2.25. The first-order valence-electron chi connectivity index (χ1n) is 7.51. The Morgan fingerprint density at radius 3 is 2.46 bits per heavy atom. The summed E-state index contributed by atoms with van der Waals surface area (Å²) >= 11 is -2.10. The van der Waals surface area contributed by atoms with Crippen LogP contribution in [0.1, 0.15) is 33.3 Å². The van der Waals surface area contributed by atoms with Gasteiger partial charge in [0.05, 0.1) is 0 Å². The summed E-state index contributed by atoms with van der Waals surface area (Å²) in [6.07, 6.45) is -1.64. The second-order valence-electron chi connectivity index (χ2n) is 6.36. The van der Waals surface area contributed by atoms with Gasteiger partial charge >= 0.3 is 12.1 Å². The van der Waals surface area contributed by atoms with Crippen LogP contribution in [0.3, 0.4) is 0 Å². The van der Waals surface area contributed by atoms with E-state index in [9.17, 15) is 13.8 Å². The van der Waals surface area contributed by atoms with Gasteiger partial charge in [0, 0.05) is 0 Å². The minimum atomic E-state index is -2.10. The molecule has 1 unspecified atom stereocenters. The van der Waals surface area contributed by atoms with E-state index in [0.29, 0.717) is 0 Å². The van der Waals surface area contributed by atoms with Gasteiger partial charge in [-0.3, -0.25) is 4.18 Å². The molecule has 0 radical (unpaired) electrons. The number of amides is 1. The number of nitrogens with zero attached hydrogens (tertiary/aromatic N) is 1. The number of rotatable bonds is 3. The third-order valence-electron chi connectivity index (χ3n) is 3.13. The highest BCUT2D eigenvalue weighted by atomic mass is 32.2. The van der Waals surface area contributed by atoms with Gasteiger partial charge in [-0.15, -0.1) is 0 Å². The van der Waals surface area contributed by atoms with Crippen LogP contribution < -0.4 is 0 Å². The maximum absolute atomic E-state index is 12.4. The van der Waals surface area contributed by atoms with Gasteiger partial charge in [-0.2, -0.15) is 4.31 Å². The van der Waals surface area contributed by atoms with Crippen molar-refractivity contribution in [3.63, 3.8) is 0 Å². The highest BCUT2D eigenvalue weighted by Gasteiger charge is 2.49. The zero-order valence-corrected chi connectivity index (χ0v) is 14.9. The van der Waals surface area contributed by atoms with Gasteiger partial charge in [0.15, 0.2) is 6.04 Å². The molecular weight excluding hydrogens is 334 g/mol. The molecule has 1 fully saturated rings. The van der Waals surface area contributed by atoms with Crippen LogP contribution in [0.5, 0.6) is 0 Å². The molecule has 1 aliphatic heterocycles. The lowest BCUT2D eigenvalue weighted by atomic mass is 10.2. The SMILES string of the molecule is C[C@@H]1OS(=O)N(C(=O)OC(C)(C)C)[C@@H]1C(=O)OCc1ccccc1. The smallest absolute Gasteiger partial charge is 0.424 e. The van der Waals surface area contributed by atoms with Crippen LogP contribution >= 0.6 is 0 Å². The van der Waals surface area contributed by atoms with Crippen LogP contribution in [0.25, 0.3) is 0 Å². The standard InChI is InChI=1S/C16H21NO6S/c1-11-13(14(18)21-10-12-8-6-5-7-9-12)17(24(20)23-11)15(19)22-16(2,3)4/h5-9,11,13H,10H2,1-4H3/t11-,13-,24?/m0/s1. The van der Waals surface area contributed by atoms with Crippen molar-refractivity contribution in [2.45, 2.75) is 52.0 Å². The first kappa shape index (κ1) is 18.4. The summed E-state index contributed by atoms with van der Waals surface area (Å²) in [5.74, 6) is -0.692. The quantitative estimate of drug-likeness (QED) is 0.774. The fourth-order valence-electron chi connectivity index (χ4n) is 2.10. The third kappa shape index (κ3) is 4.55. The molecule has 1 aliphatic rings. The molecule has 1 heterocycles. The van der Waals surface area contributed by atoms with E-state index in [4.69, 9.17) is 13.7 Å². The topological polar surface area (TPSA) is 82.1 Å². The lowest BCUT2D eigenvalue weighted by Crippen LogP contribution is -2.47. The van der Waals surface area contributed by atoms with Crippen LogP contribution in [0.15, 0.2) is 30.3 Å². The molecule has 1 aromatic rings. The summed E-state index contributed by atoms with van der Waals surface area (Å²) in [5.41, 5.74) is 0.0216. The van der Waals surface area contributed by atoms with Gasteiger partial charge in [0.2, 0.25) is 0 Å². The monoisotopic (exact) mass is 355 g/mol. The van der Waals surface area contributed by atoms with Crippen LogP contribution in [-0.2, 0) is 36.3 Å². The van der Waals surface area contributed by atoms with Crippen molar-refractivity contribution >= 4 is 23.3 Å². The van der Waals surface area contributed by atoms with Gasteiger partial charge in [0.25, 0.3) is 11.3 Å². The number of esters is 1. The van der Waals surface area contributed by atoms with Crippen molar-refractivity contribution in [3.05, 3.63) is 35.9 Å². The summed E-state index contributed by atoms with van der Waals surface area (Å²) < 4.78 is 28.3. The molecule has 1 aromatic carbocycles. The maximum Gasteiger partial charge on any atom is 0.424 e. The third-order valence-corrected chi connectivity index (χ3v) is 4.30. The van der Waals surface area contributed by atoms with Crippen molar-refractivity contribution in [2.24, 2.45) is 0 Å². The summed E-state index contributed by atoms with van der Waals surface area (Å²) in [6, 6.07) is 8.01. The van der Waals surface area contributed by atoms with E-state index in [2.05, 4.69) is 0 Å². The van der Waals surface area contributed by atoms with Crippen molar-refractivity contribution in [1.82, 2.24) is 4.31 Å². The Morgan fingerprint density at radius 1 is 1.25 bits per heavy atom. The van der Waals surface area contributed by atoms with Gasteiger partial charge in [-0.1, -0.05) is 30.3 Å². The molecule has 0 spiro atoms. The highest BCUT2D eigenvalue weighted by molar-refractivity contribution is 7.78. The zero-order valence-electron chi connectivity index (χ0n) is 14.1. The number of benzene rings is 1. The predicted octanol–water partition coefficient (Wildman–Crippen LogP) is 2.33. The summed E-state index contributed by atoms with van der Waals surface area (Å²) in [7, 11) is 0. The van der Waals surface area contributed by atoms with Crippen LogP contribution in [-0.4, -0.2) is 38.3 Å². The second kappa shape index (κ2) is 7.31. The maximum atomic E-state index is 12.4. The molecule has 8 heteroatoms. The normalized spacial score (nSPS) is 23.8. The minimum absolute atomic E-state index is 0.0533. The van der Waals surface area contributed by atoms with Crippen molar-refractivity contribution < 1.29 is 27.5 Å². The second-order valence-corrected chi connectivity index (χ2v) is 7.38. The molecule has 132 valence electrons. The molecule has 1 amide bonds. The average molecular weight is 355 g/mol. The van der Waals surface area contributed by atoms with Crippen LogP contribution in [0.2, 0.25) is 0 Å². The van der Waals surface area contributed by atoms with E-state index in [-0.39, 0.29) is 6.61 Å². The summed E-state index contributed by atoms with van der Waals surface area (Å²) in [5, 5.41) is 0. The van der Waals surface area contributed by atoms with Gasteiger partial charge in [-0.25, -0.2) is 13.8 Å². The lowest BCUT2D eigenvalue weighted by molar-refractivity contribution is -0.150. The van der Waals surface area contributed by atoms with Crippen molar-refractivity contribution in [2.75, 3.05) is 0 Å². The Labute approximate surface area is 143 Å². The molecule has 0 bridgehead atoms. The Kier molecular flexibility index (Phi) is 5.61. The van der Waals surface area contributed by atoms with Crippen molar-refractivity contribution in [1.29, 1.82) is 0 Å². The Hall–Kier alpha value is -1.93. The largest absolute Gasteiger partial charge is 0.459 e. The molecule has 1 saturated heterocycles. The summed E-state index contributed by atoms with van der Waals surface area (Å²) in [6.45, 7) is 6.64. The molecule has 2 rings (SSSR count). The molecule has 0 aliphatic carbocycles. The van der Waals surface area contributed by atoms with E-state index in [1.165, 1.54) is 0 Å². The first-order valence-corrected chi connectivity index (χ1v) is 8.54. The predicted molar refractivity (Wildman–Crippen MR) is 86.8 cm³/mol. The number of carbonyl (C=O) groups is 2. The van der Waals surface area contributed by atoms with Crippen molar-refractivity contribution in [3.8, 4) is 0 Å². The average Bonchev–Trinajstić information content (AvgIpc) is 2.78. The Balaban J connectivity index is 2.08. The molecular formula is C16H21NO6S. The fourth-order valence-corrected chi connectivity index (χ4v) is 3.15. The fraction of sp³-hybridized carbons (Fsp3) is 0.500. The minimum Gasteiger partial charge on any atom is -0.459 e. The van der Waals surface area contributed by atoms with E-state index in [1.807, 2.05) is 30.3 Å². The van der Waals surface area contributed by atoms with Gasteiger partial charge in [0.1, 0.15) is 18.3 Å². The first-order chi connectivity index (χ1) is 11.2. The number of carbonyl (C=O) groups excluding carboxylic acids is 2. The molecule has 7 nitrogen and oxygen atoms in total. The van der Waals surface area contributed by atoms with Crippen LogP contribution in [0, 0.1) is 0 Å². The van der Waals surface area contributed by atoms with Crippen LogP contribution in [0.4, 0.5) is 4.79 Å². The lowest BCUT2D eigenvalue weighted by Gasteiger charge is -2.25. The molecule has 0 N–H and O–H groups in total. The number of hydrogen-bond donors (Lipinski definition) is 0. The van der Waals surface area contributed by atoms with E-state index in [0.717, 1.165) is 9.87 Å². The van der Waals surface area contributed by atoms with E-state index < -0.39 is 41.1 Å². The number of hydrogen-bond acceptors (Lipinski definition) is 6. The summed E-state index contributed by atoms with van der Waals surface area (Å²) in [4.78, 5) is 24.6. The Morgan fingerprint density at radius 2 is 1.88 bits per heavy atom. The van der Waals surface area contributed by atoms with E-state index in [1.54, 1.807) is 27.7 Å². The molecule has 24 heavy (non-hydrogen) atoms. The van der Waals surface area contributed by atoms with Gasteiger partial charge in [-0.05, 0) is 33.3 Å². The molecule has 3 atom stereocenters. The molecule has 0 saturated carbocycles. The Bertz CT molecular complexity index is 627. The van der Waals surface area contributed by atoms with E-state index >= 15 is 0 Å². The molecule has 0 aromatic heterocycles.